The fraction of sp³-hybridized carbons (Fsp3) is 0.429. The molecule has 6 heteroatoms. The van der Waals surface area contributed by atoms with Gasteiger partial charge in [0.2, 0.25) is 0 Å². The number of aromatic nitrogens is 5. The van der Waals surface area contributed by atoms with Crippen molar-refractivity contribution in [2.24, 2.45) is 13.0 Å². The van der Waals surface area contributed by atoms with E-state index in [1.807, 2.05) is 51.0 Å². The van der Waals surface area contributed by atoms with Gasteiger partial charge in [-0.25, -0.2) is 9.97 Å². The quantitative estimate of drug-likeness (QED) is 0.698. The highest BCUT2D eigenvalue weighted by atomic mass is 15.1. The first-order chi connectivity index (χ1) is 13.2. The fourth-order valence-corrected chi connectivity index (χ4v) is 3.76. The molecule has 1 aliphatic rings. The van der Waals surface area contributed by atoms with E-state index in [-0.39, 0.29) is 0 Å². The Hall–Kier alpha value is -2.60. The van der Waals surface area contributed by atoms with Gasteiger partial charge in [0.15, 0.2) is 0 Å². The molecule has 0 saturated carbocycles. The molecule has 27 heavy (non-hydrogen) atoms. The number of likely N-dealkylation sites (tertiary alicyclic amines) is 1. The van der Waals surface area contributed by atoms with Gasteiger partial charge in [0, 0.05) is 32.2 Å². The van der Waals surface area contributed by atoms with Gasteiger partial charge in [-0.2, -0.15) is 0 Å². The zero-order chi connectivity index (χ0) is 18.6. The first kappa shape index (κ1) is 17.8. The average Bonchev–Trinajstić information content (AvgIpc) is 3.03. The van der Waals surface area contributed by atoms with Crippen LogP contribution >= 0.6 is 0 Å². The summed E-state index contributed by atoms with van der Waals surface area (Å²) in [6.07, 6.45) is 12.8. The molecule has 0 amide bonds. The summed E-state index contributed by atoms with van der Waals surface area (Å²) in [5.74, 6) is 1.66. The molecule has 0 N–H and O–H groups in total. The van der Waals surface area contributed by atoms with Crippen LogP contribution in [0.25, 0.3) is 11.4 Å². The van der Waals surface area contributed by atoms with Crippen LogP contribution in [-0.2, 0) is 20.0 Å². The van der Waals surface area contributed by atoms with Crippen LogP contribution in [0.2, 0.25) is 0 Å². The molecule has 1 fully saturated rings. The Morgan fingerprint density at radius 1 is 1.07 bits per heavy atom. The number of piperidine rings is 1. The second-order valence-corrected chi connectivity index (χ2v) is 7.43. The maximum absolute atomic E-state index is 4.85. The lowest BCUT2D eigenvalue weighted by molar-refractivity contribution is 0.176. The Morgan fingerprint density at radius 3 is 2.63 bits per heavy atom. The number of nitrogens with zero attached hydrogens (tertiary/aromatic N) is 6. The second-order valence-electron chi connectivity index (χ2n) is 7.43. The molecule has 0 radical (unpaired) electrons. The standard InChI is InChI=1S/C21H26N6/c1-16-24-14-21(26(16)2)20-13-23-12-19(25-20)10-17-5-8-27(9-6-17)15-18-4-3-7-22-11-18/h3-4,7,11-14,17H,5-6,8-10,15H2,1-2H3. The molecule has 6 nitrogen and oxygen atoms in total. The van der Waals surface area contributed by atoms with Crippen LogP contribution in [0.15, 0.2) is 43.1 Å². The molecular formula is C21H26N6. The van der Waals surface area contributed by atoms with E-state index >= 15 is 0 Å². The van der Waals surface area contributed by atoms with Crippen molar-refractivity contribution in [3.05, 3.63) is 60.2 Å². The van der Waals surface area contributed by atoms with Crippen LogP contribution in [0.5, 0.6) is 0 Å². The normalized spacial score (nSPS) is 15.9. The first-order valence-corrected chi connectivity index (χ1v) is 9.60. The van der Waals surface area contributed by atoms with Crippen molar-refractivity contribution in [2.45, 2.75) is 32.7 Å². The van der Waals surface area contributed by atoms with E-state index in [0.717, 1.165) is 49.0 Å². The Kier molecular flexibility index (Phi) is 5.25. The number of rotatable bonds is 5. The molecule has 3 aromatic heterocycles. The van der Waals surface area contributed by atoms with Crippen LogP contribution in [0.1, 0.15) is 29.9 Å². The minimum Gasteiger partial charge on any atom is -0.330 e. The maximum Gasteiger partial charge on any atom is 0.107 e. The van der Waals surface area contributed by atoms with Crippen molar-refractivity contribution in [2.75, 3.05) is 13.1 Å². The van der Waals surface area contributed by atoms with Crippen molar-refractivity contribution in [3.63, 3.8) is 0 Å². The van der Waals surface area contributed by atoms with Gasteiger partial charge in [-0.05, 0) is 56.8 Å². The van der Waals surface area contributed by atoms with Gasteiger partial charge in [-0.15, -0.1) is 0 Å². The zero-order valence-corrected chi connectivity index (χ0v) is 16.0. The SMILES string of the molecule is Cc1ncc(-c2cncc(CC3CCN(Cc4cccnc4)CC3)n2)n1C. The van der Waals surface area contributed by atoms with E-state index in [9.17, 15) is 0 Å². The van der Waals surface area contributed by atoms with E-state index in [4.69, 9.17) is 4.98 Å². The molecule has 0 spiro atoms. The third-order valence-corrected chi connectivity index (χ3v) is 5.50. The summed E-state index contributed by atoms with van der Waals surface area (Å²) < 4.78 is 2.06. The van der Waals surface area contributed by atoms with Crippen LogP contribution in [-0.4, -0.2) is 42.5 Å². The average molecular weight is 362 g/mol. The highest BCUT2D eigenvalue weighted by molar-refractivity contribution is 5.53. The molecule has 0 bridgehead atoms. The highest BCUT2D eigenvalue weighted by Crippen LogP contribution is 2.23. The zero-order valence-electron chi connectivity index (χ0n) is 16.0. The molecule has 1 aliphatic heterocycles. The van der Waals surface area contributed by atoms with Gasteiger partial charge in [-0.1, -0.05) is 6.07 Å². The summed E-state index contributed by atoms with van der Waals surface area (Å²) in [5, 5.41) is 0. The predicted molar refractivity (Wildman–Crippen MR) is 105 cm³/mol. The summed E-state index contributed by atoms with van der Waals surface area (Å²) in [6, 6.07) is 4.16. The van der Waals surface area contributed by atoms with Crippen LogP contribution in [0.4, 0.5) is 0 Å². The second kappa shape index (κ2) is 7.96. The van der Waals surface area contributed by atoms with E-state index < -0.39 is 0 Å². The highest BCUT2D eigenvalue weighted by Gasteiger charge is 2.20. The van der Waals surface area contributed by atoms with Crippen molar-refractivity contribution >= 4 is 0 Å². The number of hydrogen-bond acceptors (Lipinski definition) is 5. The molecule has 0 atom stereocenters. The Balaban J connectivity index is 1.35. The lowest BCUT2D eigenvalue weighted by Crippen LogP contribution is -2.34. The fourth-order valence-electron chi connectivity index (χ4n) is 3.76. The third-order valence-electron chi connectivity index (χ3n) is 5.50. The minimum atomic E-state index is 0.674. The predicted octanol–water partition coefficient (Wildman–Crippen LogP) is 3.04. The smallest absolute Gasteiger partial charge is 0.107 e. The summed E-state index contributed by atoms with van der Waals surface area (Å²) in [7, 11) is 2.02. The van der Waals surface area contributed by atoms with Crippen LogP contribution < -0.4 is 0 Å². The number of imidazole rings is 1. The summed E-state index contributed by atoms with van der Waals surface area (Å²) in [5.41, 5.74) is 4.30. The first-order valence-electron chi connectivity index (χ1n) is 9.60. The van der Waals surface area contributed by atoms with Crippen molar-refractivity contribution < 1.29 is 0 Å². The Bertz CT molecular complexity index is 881. The molecule has 1 saturated heterocycles. The maximum atomic E-state index is 4.85. The van der Waals surface area contributed by atoms with E-state index in [1.165, 1.54) is 18.4 Å². The largest absolute Gasteiger partial charge is 0.330 e. The third kappa shape index (κ3) is 4.22. The van der Waals surface area contributed by atoms with Gasteiger partial charge in [0.05, 0.1) is 23.8 Å². The van der Waals surface area contributed by atoms with E-state index in [0.29, 0.717) is 5.92 Å². The summed E-state index contributed by atoms with van der Waals surface area (Å²) >= 11 is 0. The van der Waals surface area contributed by atoms with E-state index in [1.54, 1.807) is 0 Å². The molecule has 4 rings (SSSR count). The molecule has 0 aromatic carbocycles. The van der Waals surface area contributed by atoms with Crippen LogP contribution in [0.3, 0.4) is 0 Å². The van der Waals surface area contributed by atoms with Gasteiger partial charge in [0.1, 0.15) is 11.5 Å². The summed E-state index contributed by atoms with van der Waals surface area (Å²) in [6.45, 7) is 5.26. The molecule has 0 unspecified atom stereocenters. The number of aryl methyl sites for hydroxylation is 1. The van der Waals surface area contributed by atoms with Crippen molar-refractivity contribution in [3.8, 4) is 11.4 Å². The Morgan fingerprint density at radius 2 is 1.93 bits per heavy atom. The van der Waals surface area contributed by atoms with Crippen molar-refractivity contribution in [1.82, 2.24) is 29.4 Å². The number of pyridine rings is 1. The number of hydrogen-bond donors (Lipinski definition) is 0. The van der Waals surface area contributed by atoms with E-state index in [2.05, 4.69) is 30.5 Å². The van der Waals surface area contributed by atoms with Gasteiger partial charge < -0.3 is 4.57 Å². The summed E-state index contributed by atoms with van der Waals surface area (Å²) in [4.78, 5) is 20.4. The monoisotopic (exact) mass is 362 g/mol. The molecule has 4 heterocycles. The Labute approximate surface area is 160 Å². The molecule has 140 valence electrons. The topological polar surface area (TPSA) is 59.7 Å². The van der Waals surface area contributed by atoms with Crippen LogP contribution in [0, 0.1) is 12.8 Å². The molecule has 3 aromatic rings. The molecular weight excluding hydrogens is 336 g/mol. The van der Waals surface area contributed by atoms with Gasteiger partial charge in [-0.3, -0.25) is 14.9 Å². The van der Waals surface area contributed by atoms with Crippen molar-refractivity contribution in [1.29, 1.82) is 0 Å². The van der Waals surface area contributed by atoms with Gasteiger partial charge in [0.25, 0.3) is 0 Å². The lowest BCUT2D eigenvalue weighted by Gasteiger charge is -2.31. The molecule has 0 aliphatic carbocycles. The van der Waals surface area contributed by atoms with Gasteiger partial charge >= 0.3 is 0 Å². The lowest BCUT2D eigenvalue weighted by atomic mass is 9.92. The minimum absolute atomic E-state index is 0.674.